The van der Waals surface area contributed by atoms with E-state index in [1.807, 2.05) is 6.92 Å². The molecule has 2 atom stereocenters. The van der Waals surface area contributed by atoms with Crippen molar-refractivity contribution in [3.63, 3.8) is 0 Å². The molecule has 2 unspecified atom stereocenters. The van der Waals surface area contributed by atoms with Gasteiger partial charge < -0.3 is 5.73 Å². The van der Waals surface area contributed by atoms with Crippen LogP contribution in [0.4, 0.5) is 0 Å². The van der Waals surface area contributed by atoms with Crippen molar-refractivity contribution >= 4 is 22.4 Å². The Morgan fingerprint density at radius 3 is 2.85 bits per heavy atom. The highest BCUT2D eigenvalue weighted by Crippen LogP contribution is 2.14. The number of rotatable bonds is 3. The molecule has 1 rings (SSSR count). The molecular formula is C9H12ClNOS. The van der Waals surface area contributed by atoms with Crippen LogP contribution in [0.25, 0.3) is 0 Å². The Morgan fingerprint density at radius 2 is 2.31 bits per heavy atom. The van der Waals surface area contributed by atoms with Gasteiger partial charge in [0.2, 0.25) is 0 Å². The molecule has 1 aromatic carbocycles. The van der Waals surface area contributed by atoms with Crippen molar-refractivity contribution in [1.82, 2.24) is 0 Å². The van der Waals surface area contributed by atoms with E-state index in [0.29, 0.717) is 10.8 Å². The van der Waals surface area contributed by atoms with Gasteiger partial charge in [-0.1, -0.05) is 17.7 Å². The van der Waals surface area contributed by atoms with Crippen LogP contribution >= 0.6 is 11.6 Å². The number of hydrogen-bond donors (Lipinski definition) is 1. The lowest BCUT2D eigenvalue weighted by Crippen LogP contribution is -2.22. The van der Waals surface area contributed by atoms with E-state index in [2.05, 4.69) is 0 Å². The Labute approximate surface area is 85.5 Å². The van der Waals surface area contributed by atoms with Crippen LogP contribution in [0.1, 0.15) is 6.92 Å². The lowest BCUT2D eigenvalue weighted by molar-refractivity contribution is 0.676. The SMILES string of the molecule is CC(N)CS(=O)c1cccc(Cl)c1. The average Bonchev–Trinajstić information content (AvgIpc) is 2.03. The van der Waals surface area contributed by atoms with E-state index in [9.17, 15) is 4.21 Å². The molecule has 2 nitrogen and oxygen atoms in total. The quantitative estimate of drug-likeness (QED) is 0.839. The molecule has 2 N–H and O–H groups in total. The van der Waals surface area contributed by atoms with Gasteiger partial charge in [0.15, 0.2) is 0 Å². The van der Waals surface area contributed by atoms with Crippen molar-refractivity contribution in [2.45, 2.75) is 17.9 Å². The van der Waals surface area contributed by atoms with Gasteiger partial charge in [-0.2, -0.15) is 0 Å². The van der Waals surface area contributed by atoms with Gasteiger partial charge in [-0.05, 0) is 25.1 Å². The minimum atomic E-state index is -1.03. The van der Waals surface area contributed by atoms with Gasteiger partial charge in [0.05, 0.1) is 10.8 Å². The van der Waals surface area contributed by atoms with Gasteiger partial charge in [0.25, 0.3) is 0 Å². The smallest absolute Gasteiger partial charge is 0.0545 e. The molecule has 0 aliphatic carbocycles. The molecule has 0 spiro atoms. The minimum absolute atomic E-state index is 0.0557. The molecule has 0 saturated carbocycles. The standard InChI is InChI=1S/C9H12ClNOS/c1-7(11)6-13(12)9-4-2-3-8(10)5-9/h2-5,7H,6,11H2,1H3. The summed E-state index contributed by atoms with van der Waals surface area (Å²) < 4.78 is 11.6. The Hall–Kier alpha value is -0.380. The second-order valence-corrected chi connectivity index (χ2v) is 4.88. The maximum absolute atomic E-state index is 11.6. The molecule has 13 heavy (non-hydrogen) atoms. The van der Waals surface area contributed by atoms with E-state index < -0.39 is 10.8 Å². The molecule has 0 aliphatic rings. The highest BCUT2D eigenvalue weighted by Gasteiger charge is 2.06. The van der Waals surface area contributed by atoms with E-state index in [4.69, 9.17) is 17.3 Å². The molecule has 0 saturated heterocycles. The van der Waals surface area contributed by atoms with Gasteiger partial charge in [0.1, 0.15) is 0 Å². The fourth-order valence-corrected chi connectivity index (χ4v) is 2.36. The highest BCUT2D eigenvalue weighted by molar-refractivity contribution is 7.85. The number of nitrogens with two attached hydrogens (primary N) is 1. The largest absolute Gasteiger partial charge is 0.327 e. The predicted octanol–water partition coefficient (Wildman–Crippen LogP) is 1.79. The van der Waals surface area contributed by atoms with Crippen LogP contribution in [0, 0.1) is 0 Å². The third kappa shape index (κ3) is 3.46. The zero-order valence-electron chi connectivity index (χ0n) is 7.37. The average molecular weight is 218 g/mol. The fourth-order valence-electron chi connectivity index (χ4n) is 0.944. The first-order valence-corrected chi connectivity index (χ1v) is 5.69. The summed E-state index contributed by atoms with van der Waals surface area (Å²) in [7, 11) is -1.03. The van der Waals surface area contributed by atoms with E-state index in [0.717, 1.165) is 4.90 Å². The van der Waals surface area contributed by atoms with Crippen LogP contribution in [0.2, 0.25) is 5.02 Å². The van der Waals surface area contributed by atoms with E-state index in [1.165, 1.54) is 0 Å². The Morgan fingerprint density at radius 1 is 1.62 bits per heavy atom. The molecule has 0 radical (unpaired) electrons. The van der Waals surface area contributed by atoms with Crippen molar-refractivity contribution in [1.29, 1.82) is 0 Å². The minimum Gasteiger partial charge on any atom is -0.327 e. The van der Waals surface area contributed by atoms with E-state index >= 15 is 0 Å². The Kier molecular flexibility index (Phi) is 3.90. The molecule has 0 aliphatic heterocycles. The normalized spacial score (nSPS) is 15.3. The molecule has 72 valence electrons. The van der Waals surface area contributed by atoms with Gasteiger partial charge in [-0.3, -0.25) is 4.21 Å². The van der Waals surface area contributed by atoms with Crippen molar-refractivity contribution in [2.75, 3.05) is 5.75 Å². The summed E-state index contributed by atoms with van der Waals surface area (Å²) >= 11 is 5.76. The van der Waals surface area contributed by atoms with E-state index in [-0.39, 0.29) is 6.04 Å². The number of benzene rings is 1. The first kappa shape index (κ1) is 10.7. The second-order valence-electron chi connectivity index (χ2n) is 2.95. The number of hydrogen-bond acceptors (Lipinski definition) is 2. The van der Waals surface area contributed by atoms with Crippen molar-refractivity contribution in [3.05, 3.63) is 29.3 Å². The number of halogens is 1. The Bertz CT molecular complexity index is 314. The molecule has 0 bridgehead atoms. The molecule has 4 heteroatoms. The molecule has 0 amide bonds. The summed E-state index contributed by atoms with van der Waals surface area (Å²) in [6.45, 7) is 1.84. The van der Waals surface area contributed by atoms with Crippen LogP contribution in [-0.4, -0.2) is 16.0 Å². The van der Waals surface area contributed by atoms with Crippen LogP contribution in [0.3, 0.4) is 0 Å². The predicted molar refractivity (Wildman–Crippen MR) is 56.4 cm³/mol. The Balaban J connectivity index is 2.77. The molecule has 0 heterocycles. The first-order chi connectivity index (χ1) is 6.09. The molecular weight excluding hydrogens is 206 g/mol. The third-order valence-electron chi connectivity index (χ3n) is 1.47. The molecule has 0 aromatic heterocycles. The van der Waals surface area contributed by atoms with Crippen LogP contribution in [0.5, 0.6) is 0 Å². The molecule has 1 aromatic rings. The van der Waals surface area contributed by atoms with Crippen molar-refractivity contribution in [2.24, 2.45) is 5.73 Å². The fraction of sp³-hybridized carbons (Fsp3) is 0.333. The van der Waals surface area contributed by atoms with Crippen LogP contribution in [0.15, 0.2) is 29.2 Å². The lowest BCUT2D eigenvalue weighted by Gasteiger charge is -2.04. The van der Waals surface area contributed by atoms with Crippen LogP contribution in [-0.2, 0) is 10.8 Å². The summed E-state index contributed by atoms with van der Waals surface area (Å²) in [5.41, 5.74) is 5.54. The summed E-state index contributed by atoms with van der Waals surface area (Å²) in [5, 5.41) is 0.607. The summed E-state index contributed by atoms with van der Waals surface area (Å²) in [5.74, 6) is 0.473. The van der Waals surface area contributed by atoms with Gasteiger partial charge in [-0.25, -0.2) is 0 Å². The third-order valence-corrected chi connectivity index (χ3v) is 3.32. The molecule has 0 fully saturated rings. The van der Waals surface area contributed by atoms with Crippen LogP contribution < -0.4 is 5.73 Å². The lowest BCUT2D eigenvalue weighted by atomic mass is 10.4. The van der Waals surface area contributed by atoms with Gasteiger partial charge in [0, 0.05) is 21.7 Å². The van der Waals surface area contributed by atoms with Gasteiger partial charge in [-0.15, -0.1) is 0 Å². The maximum Gasteiger partial charge on any atom is 0.0545 e. The summed E-state index contributed by atoms with van der Waals surface area (Å²) in [4.78, 5) is 0.741. The van der Waals surface area contributed by atoms with E-state index in [1.54, 1.807) is 24.3 Å². The topological polar surface area (TPSA) is 43.1 Å². The van der Waals surface area contributed by atoms with Crippen molar-refractivity contribution < 1.29 is 4.21 Å². The summed E-state index contributed by atoms with van der Waals surface area (Å²) in [6.07, 6.45) is 0. The second kappa shape index (κ2) is 4.74. The monoisotopic (exact) mass is 217 g/mol. The highest BCUT2D eigenvalue weighted by atomic mass is 35.5. The first-order valence-electron chi connectivity index (χ1n) is 3.99. The summed E-state index contributed by atoms with van der Waals surface area (Å²) in [6, 6.07) is 7.00. The zero-order valence-corrected chi connectivity index (χ0v) is 8.94. The van der Waals surface area contributed by atoms with Gasteiger partial charge >= 0.3 is 0 Å². The van der Waals surface area contributed by atoms with Crippen molar-refractivity contribution in [3.8, 4) is 0 Å². The maximum atomic E-state index is 11.6. The zero-order chi connectivity index (χ0) is 9.84.